The van der Waals surface area contributed by atoms with Crippen molar-refractivity contribution in [3.63, 3.8) is 0 Å². The third kappa shape index (κ3) is 2.04. The highest BCUT2D eigenvalue weighted by Gasteiger charge is 2.17. The Morgan fingerprint density at radius 2 is 2.33 bits per heavy atom. The normalized spacial score (nSPS) is 14.7. The molecule has 1 aromatic rings. The minimum Gasteiger partial charge on any atom is -0.481 e. The van der Waals surface area contributed by atoms with Gasteiger partial charge in [-0.3, -0.25) is 4.79 Å². The second kappa shape index (κ2) is 3.82. The largest absolute Gasteiger partial charge is 0.481 e. The number of anilines is 1. The van der Waals surface area contributed by atoms with Crippen LogP contribution in [-0.4, -0.2) is 27.7 Å². The van der Waals surface area contributed by atoms with Gasteiger partial charge in [0.1, 0.15) is 18.1 Å². The zero-order valence-electron chi connectivity index (χ0n) is 8.06. The van der Waals surface area contributed by atoms with E-state index in [1.165, 1.54) is 0 Å². The molecule has 2 heterocycles. The molecule has 0 fully saturated rings. The van der Waals surface area contributed by atoms with Gasteiger partial charge >= 0.3 is 5.97 Å². The maximum absolute atomic E-state index is 10.5. The van der Waals surface area contributed by atoms with E-state index in [1.807, 2.05) is 0 Å². The first-order valence-corrected chi connectivity index (χ1v) is 4.60. The smallest absolute Gasteiger partial charge is 0.311 e. The molecule has 0 aliphatic carbocycles. The zero-order valence-corrected chi connectivity index (χ0v) is 8.06. The maximum atomic E-state index is 10.5. The number of carboxylic acid groups (broad SMARTS) is 1. The molecular formula is C9H11N3O3. The Kier molecular flexibility index (Phi) is 2.51. The van der Waals surface area contributed by atoms with Crippen LogP contribution in [0.1, 0.15) is 17.1 Å². The summed E-state index contributed by atoms with van der Waals surface area (Å²) in [5.74, 6) is -0.363. The average Bonchev–Trinajstić information content (AvgIpc) is 2.16. The second-order valence-electron chi connectivity index (χ2n) is 3.32. The summed E-state index contributed by atoms with van der Waals surface area (Å²) in [6.07, 6.45) is 0.465. The van der Waals surface area contributed by atoms with E-state index in [-0.39, 0.29) is 12.2 Å². The summed E-state index contributed by atoms with van der Waals surface area (Å²) >= 11 is 0. The molecule has 0 unspecified atom stereocenters. The predicted molar refractivity (Wildman–Crippen MR) is 51.1 cm³/mol. The van der Waals surface area contributed by atoms with Gasteiger partial charge in [-0.05, 0) is 0 Å². The topological polar surface area (TPSA) is 98.3 Å². The number of hydrogen-bond donors (Lipinski definition) is 2. The Labute approximate surface area is 86.1 Å². The van der Waals surface area contributed by atoms with Gasteiger partial charge in [-0.2, -0.15) is 0 Å². The van der Waals surface area contributed by atoms with Gasteiger partial charge in [0, 0.05) is 12.0 Å². The van der Waals surface area contributed by atoms with Crippen LogP contribution >= 0.6 is 0 Å². The summed E-state index contributed by atoms with van der Waals surface area (Å²) in [6.45, 7) is 1.00. The monoisotopic (exact) mass is 209 g/mol. The molecule has 0 saturated heterocycles. The fraction of sp³-hybridized carbons (Fsp3) is 0.444. The van der Waals surface area contributed by atoms with Gasteiger partial charge in [-0.1, -0.05) is 0 Å². The van der Waals surface area contributed by atoms with Crippen LogP contribution in [0.4, 0.5) is 5.82 Å². The third-order valence-electron chi connectivity index (χ3n) is 2.21. The Hall–Kier alpha value is -1.69. The van der Waals surface area contributed by atoms with E-state index in [0.717, 1.165) is 11.3 Å². The number of nitrogens with zero attached hydrogens (tertiary/aromatic N) is 2. The Balaban J connectivity index is 2.36. The minimum atomic E-state index is -0.957. The summed E-state index contributed by atoms with van der Waals surface area (Å²) in [5.41, 5.74) is 7.29. The van der Waals surface area contributed by atoms with E-state index in [0.29, 0.717) is 25.5 Å². The summed E-state index contributed by atoms with van der Waals surface area (Å²) in [4.78, 5) is 18.6. The molecule has 2 rings (SSSR count). The number of nitrogen functional groups attached to an aromatic ring is 1. The highest BCUT2D eigenvalue weighted by molar-refractivity contribution is 5.69. The van der Waals surface area contributed by atoms with Crippen LogP contribution < -0.4 is 5.73 Å². The summed E-state index contributed by atoms with van der Waals surface area (Å²) in [5, 5.41) is 8.62. The fourth-order valence-electron chi connectivity index (χ4n) is 1.52. The van der Waals surface area contributed by atoms with E-state index in [1.54, 1.807) is 0 Å². The van der Waals surface area contributed by atoms with Crippen molar-refractivity contribution in [2.75, 3.05) is 12.3 Å². The SMILES string of the molecule is Nc1nc(CC(=O)O)nc2c1COCC2. The molecule has 0 bridgehead atoms. The van der Waals surface area contributed by atoms with Crippen molar-refractivity contribution in [2.24, 2.45) is 0 Å². The Bertz CT molecular complexity index is 406. The van der Waals surface area contributed by atoms with E-state index in [4.69, 9.17) is 15.6 Å². The lowest BCUT2D eigenvalue weighted by atomic mass is 10.1. The van der Waals surface area contributed by atoms with Crippen LogP contribution in [0.5, 0.6) is 0 Å². The molecule has 0 radical (unpaired) electrons. The molecule has 6 nitrogen and oxygen atoms in total. The van der Waals surface area contributed by atoms with E-state index in [2.05, 4.69) is 9.97 Å². The van der Waals surface area contributed by atoms with Gasteiger partial charge in [-0.25, -0.2) is 9.97 Å². The first-order chi connectivity index (χ1) is 7.16. The number of fused-ring (bicyclic) bond motifs is 1. The first kappa shape index (κ1) is 9.85. The fourth-order valence-corrected chi connectivity index (χ4v) is 1.52. The number of aromatic nitrogens is 2. The van der Waals surface area contributed by atoms with Gasteiger partial charge in [-0.15, -0.1) is 0 Å². The standard InChI is InChI=1S/C9H11N3O3/c10-9-5-4-15-2-1-6(5)11-7(12-9)3-8(13)14/h1-4H2,(H,13,14)(H2,10,11,12). The molecule has 80 valence electrons. The molecule has 0 amide bonds. The molecule has 0 saturated carbocycles. The van der Waals surface area contributed by atoms with Crippen molar-refractivity contribution in [2.45, 2.75) is 19.4 Å². The molecule has 0 aromatic carbocycles. The van der Waals surface area contributed by atoms with Gasteiger partial charge < -0.3 is 15.6 Å². The number of carboxylic acids is 1. The molecule has 0 spiro atoms. The van der Waals surface area contributed by atoms with Crippen molar-refractivity contribution < 1.29 is 14.6 Å². The molecule has 1 aromatic heterocycles. The molecule has 15 heavy (non-hydrogen) atoms. The van der Waals surface area contributed by atoms with Crippen molar-refractivity contribution in [1.29, 1.82) is 0 Å². The second-order valence-corrected chi connectivity index (χ2v) is 3.32. The van der Waals surface area contributed by atoms with Crippen molar-refractivity contribution in [3.8, 4) is 0 Å². The van der Waals surface area contributed by atoms with Crippen LogP contribution in [-0.2, 0) is 29.0 Å². The number of hydrogen-bond acceptors (Lipinski definition) is 5. The lowest BCUT2D eigenvalue weighted by Crippen LogP contribution is -2.18. The zero-order chi connectivity index (χ0) is 10.8. The van der Waals surface area contributed by atoms with Crippen molar-refractivity contribution in [3.05, 3.63) is 17.1 Å². The van der Waals surface area contributed by atoms with Crippen molar-refractivity contribution >= 4 is 11.8 Å². The molecule has 3 N–H and O–H groups in total. The third-order valence-corrected chi connectivity index (χ3v) is 2.21. The van der Waals surface area contributed by atoms with Crippen LogP contribution in [0.15, 0.2) is 0 Å². The van der Waals surface area contributed by atoms with Crippen LogP contribution in [0, 0.1) is 0 Å². The van der Waals surface area contributed by atoms with Crippen LogP contribution in [0.25, 0.3) is 0 Å². The van der Waals surface area contributed by atoms with Crippen molar-refractivity contribution in [1.82, 2.24) is 9.97 Å². The predicted octanol–water partition coefficient (Wildman–Crippen LogP) is -0.241. The first-order valence-electron chi connectivity index (χ1n) is 4.60. The molecular weight excluding hydrogens is 198 g/mol. The van der Waals surface area contributed by atoms with Gasteiger partial charge in [0.15, 0.2) is 0 Å². The Morgan fingerprint density at radius 3 is 3.07 bits per heavy atom. The number of nitrogens with two attached hydrogens (primary N) is 1. The lowest BCUT2D eigenvalue weighted by Gasteiger charge is -2.17. The number of carbonyl (C=O) groups is 1. The van der Waals surface area contributed by atoms with Gasteiger partial charge in [0.25, 0.3) is 0 Å². The van der Waals surface area contributed by atoms with E-state index < -0.39 is 5.97 Å². The molecule has 1 aliphatic heterocycles. The summed E-state index contributed by atoms with van der Waals surface area (Å²) in [6, 6.07) is 0. The summed E-state index contributed by atoms with van der Waals surface area (Å²) < 4.78 is 5.22. The highest BCUT2D eigenvalue weighted by atomic mass is 16.5. The van der Waals surface area contributed by atoms with Crippen LogP contribution in [0.3, 0.4) is 0 Å². The Morgan fingerprint density at radius 1 is 1.53 bits per heavy atom. The maximum Gasteiger partial charge on any atom is 0.311 e. The number of aliphatic carboxylic acids is 1. The highest BCUT2D eigenvalue weighted by Crippen LogP contribution is 2.19. The van der Waals surface area contributed by atoms with Crippen LogP contribution in [0.2, 0.25) is 0 Å². The molecule has 1 aliphatic rings. The number of ether oxygens (including phenoxy) is 1. The molecule has 6 heteroatoms. The minimum absolute atomic E-state index is 0.196. The van der Waals surface area contributed by atoms with Gasteiger partial charge in [0.2, 0.25) is 0 Å². The van der Waals surface area contributed by atoms with Gasteiger partial charge in [0.05, 0.1) is 18.9 Å². The quantitative estimate of drug-likeness (QED) is 0.697. The summed E-state index contributed by atoms with van der Waals surface area (Å²) in [7, 11) is 0. The number of rotatable bonds is 2. The van der Waals surface area contributed by atoms with E-state index in [9.17, 15) is 4.79 Å². The van der Waals surface area contributed by atoms with E-state index >= 15 is 0 Å². The lowest BCUT2D eigenvalue weighted by molar-refractivity contribution is -0.136. The average molecular weight is 209 g/mol. The molecule has 0 atom stereocenters.